The molecule has 3 rings (SSSR count). The summed E-state index contributed by atoms with van der Waals surface area (Å²) in [6.07, 6.45) is 0.449. The molecule has 1 unspecified atom stereocenters. The van der Waals surface area contributed by atoms with Crippen molar-refractivity contribution in [1.82, 2.24) is 4.57 Å². The van der Waals surface area contributed by atoms with Crippen molar-refractivity contribution in [3.63, 3.8) is 0 Å². The maximum Gasteiger partial charge on any atom is 0.260 e. The topological polar surface area (TPSA) is 82.2 Å². The number of aromatic nitrogens is 1. The van der Waals surface area contributed by atoms with Gasteiger partial charge in [0.2, 0.25) is 0 Å². The normalized spacial score (nSPS) is 21.8. The van der Waals surface area contributed by atoms with E-state index in [1.165, 1.54) is 4.57 Å². The summed E-state index contributed by atoms with van der Waals surface area (Å²) in [6.45, 7) is 0. The van der Waals surface area contributed by atoms with E-state index in [9.17, 15) is 13.2 Å². The lowest BCUT2D eigenvalue weighted by molar-refractivity contribution is 0.549. The van der Waals surface area contributed by atoms with Gasteiger partial charge in [-0.3, -0.25) is 9.36 Å². The molecule has 1 aliphatic heterocycles. The zero-order valence-corrected chi connectivity index (χ0v) is 11.1. The monoisotopic (exact) mass is 278 g/mol. The van der Waals surface area contributed by atoms with Gasteiger partial charge in [0.15, 0.2) is 9.84 Å². The number of nitrogens with zero attached hydrogens (tertiary/aromatic N) is 1. The Kier molecular flexibility index (Phi) is 2.63. The summed E-state index contributed by atoms with van der Waals surface area (Å²) in [5, 5.41) is 1.35. The Morgan fingerprint density at radius 3 is 2.68 bits per heavy atom. The van der Waals surface area contributed by atoms with Gasteiger partial charge in [0.25, 0.3) is 5.56 Å². The van der Waals surface area contributed by atoms with Gasteiger partial charge in [-0.05, 0) is 23.9 Å². The van der Waals surface area contributed by atoms with Gasteiger partial charge in [-0.25, -0.2) is 8.42 Å². The first-order valence-corrected chi connectivity index (χ1v) is 7.90. The number of pyridine rings is 1. The minimum atomic E-state index is -3.05. The molecule has 2 N–H and O–H groups in total. The van der Waals surface area contributed by atoms with E-state index >= 15 is 0 Å². The van der Waals surface area contributed by atoms with Crippen molar-refractivity contribution < 1.29 is 8.42 Å². The van der Waals surface area contributed by atoms with E-state index in [0.29, 0.717) is 17.6 Å². The molecule has 0 amide bonds. The molecule has 1 saturated heterocycles. The number of fused-ring (bicyclic) bond motifs is 1. The fraction of sp³-hybridized carbons (Fsp3) is 0.308. The van der Waals surface area contributed by atoms with Crippen LogP contribution in [0.1, 0.15) is 12.5 Å². The van der Waals surface area contributed by atoms with E-state index < -0.39 is 9.84 Å². The molecule has 100 valence electrons. The van der Waals surface area contributed by atoms with Crippen LogP contribution in [0.4, 0.5) is 5.82 Å². The molecule has 1 aromatic heterocycles. The van der Waals surface area contributed by atoms with Crippen molar-refractivity contribution in [3.8, 4) is 0 Å². The smallest absolute Gasteiger partial charge is 0.260 e. The lowest BCUT2D eigenvalue weighted by atomic mass is 10.1. The van der Waals surface area contributed by atoms with Crippen molar-refractivity contribution in [2.75, 3.05) is 17.2 Å². The molecule has 0 radical (unpaired) electrons. The number of hydrogen-bond donors (Lipinski definition) is 1. The highest BCUT2D eigenvalue weighted by molar-refractivity contribution is 7.91. The molecule has 2 heterocycles. The van der Waals surface area contributed by atoms with Crippen LogP contribution in [0.25, 0.3) is 10.8 Å². The lowest BCUT2D eigenvalue weighted by Crippen LogP contribution is -2.28. The Hall–Kier alpha value is -1.82. The molecule has 5 nitrogen and oxygen atoms in total. The van der Waals surface area contributed by atoms with Gasteiger partial charge >= 0.3 is 0 Å². The molecule has 19 heavy (non-hydrogen) atoms. The molecule has 1 aromatic carbocycles. The molecule has 0 aliphatic carbocycles. The van der Waals surface area contributed by atoms with Crippen LogP contribution in [-0.2, 0) is 9.84 Å². The minimum Gasteiger partial charge on any atom is -0.385 e. The van der Waals surface area contributed by atoms with Crippen LogP contribution in [0, 0.1) is 0 Å². The first-order chi connectivity index (χ1) is 8.98. The summed E-state index contributed by atoms with van der Waals surface area (Å²) in [5.74, 6) is 0.442. The number of rotatable bonds is 1. The van der Waals surface area contributed by atoms with E-state index in [4.69, 9.17) is 5.73 Å². The quantitative estimate of drug-likeness (QED) is 0.841. The van der Waals surface area contributed by atoms with E-state index in [-0.39, 0.29) is 23.1 Å². The van der Waals surface area contributed by atoms with E-state index in [2.05, 4.69) is 0 Å². The van der Waals surface area contributed by atoms with Gasteiger partial charge in [0.05, 0.1) is 17.5 Å². The maximum absolute atomic E-state index is 12.4. The largest absolute Gasteiger partial charge is 0.385 e. The Morgan fingerprint density at radius 2 is 2.00 bits per heavy atom. The molecule has 2 aromatic rings. The second-order valence-electron chi connectivity index (χ2n) is 4.89. The SMILES string of the molecule is Nc1cc2ccccc2c(=O)n1C1CCS(=O)(=O)C1. The molecular weight excluding hydrogens is 264 g/mol. The summed E-state index contributed by atoms with van der Waals surface area (Å²) in [4.78, 5) is 12.4. The number of benzene rings is 1. The fourth-order valence-electron chi connectivity index (χ4n) is 2.65. The summed E-state index contributed by atoms with van der Waals surface area (Å²) in [5.41, 5.74) is 5.71. The van der Waals surface area contributed by atoms with Gasteiger partial charge in [0.1, 0.15) is 5.82 Å². The summed E-state index contributed by atoms with van der Waals surface area (Å²) in [6, 6.07) is 8.56. The molecule has 0 bridgehead atoms. The third-order valence-electron chi connectivity index (χ3n) is 3.57. The Bertz CT molecular complexity index is 808. The van der Waals surface area contributed by atoms with Crippen LogP contribution in [0.3, 0.4) is 0 Å². The van der Waals surface area contributed by atoms with Gasteiger partial charge < -0.3 is 5.73 Å². The third-order valence-corrected chi connectivity index (χ3v) is 5.32. The Morgan fingerprint density at radius 1 is 1.26 bits per heavy atom. The van der Waals surface area contributed by atoms with Crippen molar-refractivity contribution in [1.29, 1.82) is 0 Å². The predicted molar refractivity (Wildman–Crippen MR) is 74.9 cm³/mol. The van der Waals surface area contributed by atoms with Crippen LogP contribution in [0.5, 0.6) is 0 Å². The summed E-state index contributed by atoms with van der Waals surface area (Å²) in [7, 11) is -3.05. The highest BCUT2D eigenvalue weighted by atomic mass is 32.2. The number of sulfone groups is 1. The molecule has 1 aliphatic rings. The predicted octanol–water partition coefficient (Wildman–Crippen LogP) is 0.943. The Labute approximate surface area is 110 Å². The molecule has 6 heteroatoms. The maximum atomic E-state index is 12.4. The molecule has 1 atom stereocenters. The minimum absolute atomic E-state index is 0.00452. The standard InChI is InChI=1S/C13H14N2O3S/c14-12-7-9-3-1-2-4-11(9)13(16)15(12)10-5-6-19(17,18)8-10/h1-4,7,10H,5-6,8,14H2. The highest BCUT2D eigenvalue weighted by Crippen LogP contribution is 2.25. The fourth-order valence-corrected chi connectivity index (χ4v) is 4.35. The average Bonchev–Trinajstić information content (AvgIpc) is 2.69. The van der Waals surface area contributed by atoms with Crippen LogP contribution < -0.4 is 11.3 Å². The lowest BCUT2D eigenvalue weighted by Gasteiger charge is -2.16. The van der Waals surface area contributed by atoms with Gasteiger partial charge in [0, 0.05) is 5.39 Å². The number of anilines is 1. The van der Waals surface area contributed by atoms with E-state index in [1.807, 2.05) is 12.1 Å². The van der Waals surface area contributed by atoms with Crippen LogP contribution in [0.2, 0.25) is 0 Å². The number of nitrogens with two attached hydrogens (primary N) is 1. The summed E-state index contributed by atoms with van der Waals surface area (Å²) < 4.78 is 24.5. The first kappa shape index (κ1) is 12.2. The van der Waals surface area contributed by atoms with Gasteiger partial charge in [-0.2, -0.15) is 0 Å². The molecule has 0 saturated carbocycles. The van der Waals surface area contributed by atoms with Gasteiger partial charge in [-0.15, -0.1) is 0 Å². The molecular formula is C13H14N2O3S. The van der Waals surface area contributed by atoms with Crippen LogP contribution >= 0.6 is 0 Å². The van der Waals surface area contributed by atoms with Crippen molar-refractivity contribution in [3.05, 3.63) is 40.7 Å². The first-order valence-electron chi connectivity index (χ1n) is 6.08. The third kappa shape index (κ3) is 2.02. The van der Waals surface area contributed by atoms with E-state index in [1.54, 1.807) is 18.2 Å². The second kappa shape index (κ2) is 4.09. The molecule has 1 fully saturated rings. The van der Waals surface area contributed by atoms with Crippen molar-refractivity contribution >= 4 is 26.4 Å². The second-order valence-corrected chi connectivity index (χ2v) is 7.12. The zero-order valence-electron chi connectivity index (χ0n) is 10.2. The number of hydrogen-bond acceptors (Lipinski definition) is 4. The van der Waals surface area contributed by atoms with Crippen LogP contribution in [0.15, 0.2) is 35.1 Å². The Balaban J connectivity index is 2.22. The van der Waals surface area contributed by atoms with E-state index in [0.717, 1.165) is 5.39 Å². The van der Waals surface area contributed by atoms with Crippen LogP contribution in [-0.4, -0.2) is 24.5 Å². The summed E-state index contributed by atoms with van der Waals surface area (Å²) >= 11 is 0. The zero-order chi connectivity index (χ0) is 13.6. The van der Waals surface area contributed by atoms with Gasteiger partial charge in [-0.1, -0.05) is 18.2 Å². The average molecular weight is 278 g/mol. The number of nitrogen functional groups attached to an aromatic ring is 1. The van der Waals surface area contributed by atoms with Crippen molar-refractivity contribution in [2.24, 2.45) is 0 Å². The van der Waals surface area contributed by atoms with Crippen molar-refractivity contribution in [2.45, 2.75) is 12.5 Å². The highest BCUT2D eigenvalue weighted by Gasteiger charge is 2.30. The molecule has 0 spiro atoms.